The van der Waals surface area contributed by atoms with Crippen molar-refractivity contribution >= 4 is 11.9 Å². The lowest BCUT2D eigenvalue weighted by Crippen LogP contribution is -2.43. The highest BCUT2D eigenvalue weighted by Crippen LogP contribution is 2.21. The van der Waals surface area contributed by atoms with Crippen molar-refractivity contribution in [3.63, 3.8) is 0 Å². The molecule has 0 radical (unpaired) electrons. The first-order valence-corrected chi connectivity index (χ1v) is 5.00. The fourth-order valence-corrected chi connectivity index (χ4v) is 1.28. The summed E-state index contributed by atoms with van der Waals surface area (Å²) in [5.74, 6) is -2.64. The Kier molecular flexibility index (Phi) is 4.50. The number of hydrogen-bond acceptors (Lipinski definition) is 5. The summed E-state index contributed by atoms with van der Waals surface area (Å²) in [6, 6.07) is 2.15. The number of carbonyl (C=O) groups excluding carboxylic acids is 1. The number of hydrogen-bond donors (Lipinski definition) is 4. The normalized spacial score (nSPS) is 11.8. The molecule has 4 N–H and O–H groups in total. The number of nitrogens with one attached hydrogen (secondary N) is 1. The molecule has 0 aliphatic rings. The van der Waals surface area contributed by atoms with Gasteiger partial charge in [-0.1, -0.05) is 0 Å². The number of aromatic hydroxyl groups is 2. The molecule has 1 amide bonds. The monoisotopic (exact) mass is 255 g/mol. The van der Waals surface area contributed by atoms with E-state index in [-0.39, 0.29) is 23.7 Å². The zero-order valence-electron chi connectivity index (χ0n) is 9.58. The Morgan fingerprint density at radius 1 is 1.39 bits per heavy atom. The van der Waals surface area contributed by atoms with Crippen LogP contribution >= 0.6 is 0 Å². The standard InChI is InChI=1S/C11H13NO6/c1-18-5-8(11(16)17)12-10(15)7-4-6(13)2-3-9(7)14/h2-4,8,13-14H,5H2,1H3,(H,12,15)(H,16,17). The SMILES string of the molecule is COCC(NC(=O)c1cc(O)ccc1O)C(=O)O. The average Bonchev–Trinajstić information content (AvgIpc) is 2.31. The number of carboxylic acid groups (broad SMARTS) is 1. The van der Waals surface area contributed by atoms with Crippen LogP contribution in [-0.2, 0) is 9.53 Å². The minimum absolute atomic E-state index is 0.208. The van der Waals surface area contributed by atoms with Gasteiger partial charge in [-0.05, 0) is 18.2 Å². The molecule has 98 valence electrons. The smallest absolute Gasteiger partial charge is 0.328 e. The molecule has 0 spiro atoms. The molecule has 0 aliphatic carbocycles. The van der Waals surface area contributed by atoms with Gasteiger partial charge in [-0.2, -0.15) is 0 Å². The van der Waals surface area contributed by atoms with E-state index in [1.807, 2.05) is 0 Å². The van der Waals surface area contributed by atoms with Crippen LogP contribution in [0.2, 0.25) is 0 Å². The Bertz CT molecular complexity index is 459. The van der Waals surface area contributed by atoms with Gasteiger partial charge in [0, 0.05) is 7.11 Å². The molecule has 7 nitrogen and oxygen atoms in total. The Hall–Kier alpha value is -2.28. The second-order valence-electron chi connectivity index (χ2n) is 3.52. The van der Waals surface area contributed by atoms with Gasteiger partial charge in [-0.15, -0.1) is 0 Å². The molecule has 0 fully saturated rings. The fourth-order valence-electron chi connectivity index (χ4n) is 1.28. The zero-order chi connectivity index (χ0) is 13.7. The van der Waals surface area contributed by atoms with E-state index in [0.717, 1.165) is 12.1 Å². The third kappa shape index (κ3) is 3.36. The summed E-state index contributed by atoms with van der Waals surface area (Å²) < 4.78 is 4.65. The molecule has 1 atom stereocenters. The first-order chi connectivity index (χ1) is 8.45. The number of methoxy groups -OCH3 is 1. The first-order valence-electron chi connectivity index (χ1n) is 5.00. The van der Waals surface area contributed by atoms with Crippen molar-refractivity contribution in [2.24, 2.45) is 0 Å². The van der Waals surface area contributed by atoms with Crippen molar-refractivity contribution in [1.29, 1.82) is 0 Å². The van der Waals surface area contributed by atoms with Gasteiger partial charge in [0.2, 0.25) is 0 Å². The molecule has 0 aliphatic heterocycles. The minimum atomic E-state index is -1.26. The number of phenols is 2. The van der Waals surface area contributed by atoms with Crippen LogP contribution in [0.1, 0.15) is 10.4 Å². The molecule has 0 aromatic heterocycles. The van der Waals surface area contributed by atoms with Gasteiger partial charge in [0.15, 0.2) is 6.04 Å². The number of carbonyl (C=O) groups is 2. The summed E-state index contributed by atoms with van der Waals surface area (Å²) in [4.78, 5) is 22.5. The van der Waals surface area contributed by atoms with Gasteiger partial charge in [0.25, 0.3) is 5.91 Å². The number of amides is 1. The highest BCUT2D eigenvalue weighted by atomic mass is 16.5. The highest BCUT2D eigenvalue weighted by molar-refractivity contribution is 5.99. The van der Waals surface area contributed by atoms with Crippen molar-refractivity contribution in [2.45, 2.75) is 6.04 Å². The van der Waals surface area contributed by atoms with Gasteiger partial charge in [-0.3, -0.25) is 4.79 Å². The van der Waals surface area contributed by atoms with Crippen LogP contribution < -0.4 is 5.32 Å². The average molecular weight is 255 g/mol. The quantitative estimate of drug-likeness (QED) is 0.547. The number of rotatable bonds is 5. The summed E-state index contributed by atoms with van der Waals surface area (Å²) >= 11 is 0. The maximum Gasteiger partial charge on any atom is 0.328 e. The van der Waals surface area contributed by atoms with E-state index in [0.29, 0.717) is 0 Å². The Labute approximate surface area is 103 Å². The van der Waals surface area contributed by atoms with Crippen molar-refractivity contribution in [3.8, 4) is 11.5 Å². The fraction of sp³-hybridized carbons (Fsp3) is 0.273. The van der Waals surface area contributed by atoms with E-state index in [1.165, 1.54) is 13.2 Å². The topological polar surface area (TPSA) is 116 Å². The molecule has 1 rings (SSSR count). The molecule has 18 heavy (non-hydrogen) atoms. The van der Waals surface area contributed by atoms with Gasteiger partial charge in [0.1, 0.15) is 11.5 Å². The number of aliphatic carboxylic acids is 1. The van der Waals surface area contributed by atoms with Crippen LogP contribution in [0.15, 0.2) is 18.2 Å². The largest absolute Gasteiger partial charge is 0.508 e. The van der Waals surface area contributed by atoms with Gasteiger partial charge >= 0.3 is 5.97 Å². The van der Waals surface area contributed by atoms with Crippen LogP contribution in [0, 0.1) is 0 Å². The molecule has 0 bridgehead atoms. The van der Waals surface area contributed by atoms with Crippen LogP contribution in [0.25, 0.3) is 0 Å². The molecule has 0 saturated carbocycles. The molecule has 1 aromatic carbocycles. The van der Waals surface area contributed by atoms with Crippen molar-refractivity contribution < 1.29 is 29.6 Å². The molecule has 1 aromatic rings. The van der Waals surface area contributed by atoms with E-state index in [2.05, 4.69) is 10.1 Å². The minimum Gasteiger partial charge on any atom is -0.508 e. The summed E-state index contributed by atoms with van der Waals surface area (Å²) in [6.45, 7) is -0.208. The van der Waals surface area contributed by atoms with Gasteiger partial charge in [-0.25, -0.2) is 4.79 Å². The first kappa shape index (κ1) is 13.8. The van der Waals surface area contributed by atoms with Crippen LogP contribution in [0.5, 0.6) is 11.5 Å². The van der Waals surface area contributed by atoms with Crippen molar-refractivity contribution in [3.05, 3.63) is 23.8 Å². The number of ether oxygens (including phenoxy) is 1. The second kappa shape index (κ2) is 5.87. The van der Waals surface area contributed by atoms with Gasteiger partial charge in [0.05, 0.1) is 12.2 Å². The second-order valence-corrected chi connectivity index (χ2v) is 3.52. The molecule has 0 heterocycles. The number of carboxylic acids is 1. The van der Waals surface area contributed by atoms with E-state index in [9.17, 15) is 19.8 Å². The summed E-state index contributed by atoms with van der Waals surface area (Å²) in [6.07, 6.45) is 0. The number of phenolic OH excluding ortho intramolecular Hbond substituents is 2. The maximum atomic E-state index is 11.7. The summed E-state index contributed by atoms with van der Waals surface area (Å²) in [7, 11) is 1.30. The lowest BCUT2D eigenvalue weighted by atomic mass is 10.1. The lowest BCUT2D eigenvalue weighted by Gasteiger charge is -2.14. The molecule has 0 saturated heterocycles. The Morgan fingerprint density at radius 3 is 2.61 bits per heavy atom. The predicted octanol–water partition coefficient (Wildman–Crippen LogP) is -0.0728. The van der Waals surface area contributed by atoms with E-state index in [1.54, 1.807) is 0 Å². The van der Waals surface area contributed by atoms with Crippen molar-refractivity contribution in [1.82, 2.24) is 5.32 Å². The van der Waals surface area contributed by atoms with E-state index in [4.69, 9.17) is 5.11 Å². The van der Waals surface area contributed by atoms with E-state index < -0.39 is 17.9 Å². The molecular weight excluding hydrogens is 242 g/mol. The third-order valence-corrected chi connectivity index (χ3v) is 2.16. The Balaban J connectivity index is 2.86. The molecule has 7 heteroatoms. The maximum absolute atomic E-state index is 11.7. The summed E-state index contributed by atoms with van der Waals surface area (Å²) in [5.41, 5.74) is -0.211. The van der Waals surface area contributed by atoms with Crippen LogP contribution in [0.4, 0.5) is 0 Å². The highest BCUT2D eigenvalue weighted by Gasteiger charge is 2.22. The van der Waals surface area contributed by atoms with Crippen LogP contribution in [-0.4, -0.2) is 47.0 Å². The predicted molar refractivity (Wildman–Crippen MR) is 60.5 cm³/mol. The Morgan fingerprint density at radius 2 is 2.06 bits per heavy atom. The number of benzene rings is 1. The lowest BCUT2D eigenvalue weighted by molar-refractivity contribution is -0.140. The van der Waals surface area contributed by atoms with Gasteiger partial charge < -0.3 is 25.4 Å². The zero-order valence-corrected chi connectivity index (χ0v) is 9.58. The van der Waals surface area contributed by atoms with Crippen molar-refractivity contribution in [2.75, 3.05) is 13.7 Å². The summed E-state index contributed by atoms with van der Waals surface area (Å²) in [5, 5.41) is 29.6. The van der Waals surface area contributed by atoms with Crippen LogP contribution in [0.3, 0.4) is 0 Å². The molecular formula is C11H13NO6. The van der Waals surface area contributed by atoms with E-state index >= 15 is 0 Å². The molecule has 1 unspecified atom stereocenters. The third-order valence-electron chi connectivity index (χ3n) is 2.16.